The number of benzene rings is 2. The van der Waals surface area contributed by atoms with Crippen LogP contribution in [-0.2, 0) is 20.7 Å². The highest BCUT2D eigenvalue weighted by Gasteiger charge is 2.30. The van der Waals surface area contributed by atoms with Gasteiger partial charge in [-0.05, 0) is 29.8 Å². The highest BCUT2D eigenvalue weighted by atomic mass is 16.5. The molecule has 1 unspecified atom stereocenters. The zero-order valence-corrected chi connectivity index (χ0v) is 19.4. The van der Waals surface area contributed by atoms with E-state index in [9.17, 15) is 14.4 Å². The summed E-state index contributed by atoms with van der Waals surface area (Å²) in [6, 6.07) is 12.9. The molecule has 2 amide bonds. The topological polar surface area (TPSA) is 135 Å². The average molecular weight is 467 g/mol. The molecule has 34 heavy (non-hydrogen) atoms. The number of ether oxygens (including phenoxy) is 2. The van der Waals surface area contributed by atoms with Crippen molar-refractivity contribution in [2.45, 2.75) is 38.3 Å². The van der Waals surface area contributed by atoms with Gasteiger partial charge in [0.05, 0.1) is 7.11 Å². The quantitative estimate of drug-likeness (QED) is 0.309. The number of nitrogen functional groups attached to an aromatic ring is 1. The molecular formula is C25H30N4O5. The van der Waals surface area contributed by atoms with Gasteiger partial charge in [-0.15, -0.1) is 0 Å². The van der Waals surface area contributed by atoms with E-state index < -0.39 is 11.9 Å². The van der Waals surface area contributed by atoms with E-state index in [1.807, 2.05) is 24.3 Å². The summed E-state index contributed by atoms with van der Waals surface area (Å²) in [5.41, 5.74) is 7.24. The van der Waals surface area contributed by atoms with E-state index >= 15 is 0 Å². The lowest BCUT2D eigenvalue weighted by atomic mass is 10.0. The Morgan fingerprint density at radius 3 is 2.18 bits per heavy atom. The van der Waals surface area contributed by atoms with Crippen molar-refractivity contribution in [3.63, 3.8) is 0 Å². The average Bonchev–Trinajstić information content (AvgIpc) is 2.83. The zero-order chi connectivity index (χ0) is 24.7. The third-order valence-electron chi connectivity index (χ3n) is 5.75. The molecule has 4 N–H and O–H groups in total. The summed E-state index contributed by atoms with van der Waals surface area (Å²) in [6.45, 7) is 2.26. The lowest BCUT2D eigenvalue weighted by Gasteiger charge is -2.34. The van der Waals surface area contributed by atoms with Crippen molar-refractivity contribution in [2.24, 2.45) is 5.73 Å². The Balaban J connectivity index is 1.74. The van der Waals surface area contributed by atoms with Crippen molar-refractivity contribution in [1.29, 1.82) is 5.41 Å². The van der Waals surface area contributed by atoms with Gasteiger partial charge in [-0.3, -0.25) is 19.8 Å². The van der Waals surface area contributed by atoms with Gasteiger partial charge in [-0.1, -0.05) is 24.3 Å². The SMILES string of the molecule is COc1ccc(CC(NC(=O)c2ccc(C(=N)N)cc2)C(=O)N2CCC(OC(C)=O)CC2)cc1. The van der Waals surface area contributed by atoms with E-state index in [0.717, 1.165) is 5.56 Å². The number of amidine groups is 1. The van der Waals surface area contributed by atoms with Crippen LogP contribution in [0.3, 0.4) is 0 Å². The fourth-order valence-electron chi connectivity index (χ4n) is 3.89. The van der Waals surface area contributed by atoms with Crippen molar-refractivity contribution in [3.8, 4) is 5.75 Å². The van der Waals surface area contributed by atoms with Gasteiger partial charge in [0.1, 0.15) is 23.7 Å². The molecule has 1 heterocycles. The predicted octanol–water partition coefficient (Wildman–Crippen LogP) is 1.87. The fourth-order valence-corrected chi connectivity index (χ4v) is 3.89. The first kappa shape index (κ1) is 24.8. The Hall–Kier alpha value is -3.88. The van der Waals surface area contributed by atoms with Crippen LogP contribution in [-0.4, -0.2) is 60.9 Å². The molecule has 9 nitrogen and oxygen atoms in total. The van der Waals surface area contributed by atoms with Gasteiger partial charge < -0.3 is 25.4 Å². The van der Waals surface area contributed by atoms with Gasteiger partial charge in [0.25, 0.3) is 5.91 Å². The maximum atomic E-state index is 13.4. The van der Waals surface area contributed by atoms with Crippen LogP contribution in [0.4, 0.5) is 0 Å². The molecule has 2 aromatic rings. The number of amides is 2. The molecule has 0 aromatic heterocycles. The van der Waals surface area contributed by atoms with Crippen LogP contribution >= 0.6 is 0 Å². The van der Waals surface area contributed by atoms with E-state index in [4.69, 9.17) is 20.6 Å². The Kier molecular flexibility index (Phi) is 8.24. The van der Waals surface area contributed by atoms with Crippen LogP contribution in [0.2, 0.25) is 0 Å². The smallest absolute Gasteiger partial charge is 0.302 e. The minimum absolute atomic E-state index is 0.0864. The van der Waals surface area contributed by atoms with Gasteiger partial charge >= 0.3 is 5.97 Å². The maximum absolute atomic E-state index is 13.4. The summed E-state index contributed by atoms with van der Waals surface area (Å²) in [6.07, 6.45) is 1.22. The van der Waals surface area contributed by atoms with Gasteiger partial charge in [-0.25, -0.2) is 0 Å². The number of rotatable bonds is 8. The molecule has 1 aliphatic heterocycles. The van der Waals surface area contributed by atoms with Gasteiger partial charge in [-0.2, -0.15) is 0 Å². The fraction of sp³-hybridized carbons (Fsp3) is 0.360. The number of piperidine rings is 1. The van der Waals surface area contributed by atoms with Crippen LogP contribution in [0, 0.1) is 5.41 Å². The largest absolute Gasteiger partial charge is 0.497 e. The summed E-state index contributed by atoms with van der Waals surface area (Å²) in [5, 5.41) is 10.4. The second kappa shape index (κ2) is 11.3. The molecule has 1 aliphatic rings. The number of esters is 1. The van der Waals surface area contributed by atoms with Crippen LogP contribution in [0.25, 0.3) is 0 Å². The lowest BCUT2D eigenvalue weighted by Crippen LogP contribution is -2.52. The summed E-state index contributed by atoms with van der Waals surface area (Å²) in [4.78, 5) is 39.3. The Morgan fingerprint density at radius 2 is 1.65 bits per heavy atom. The van der Waals surface area contributed by atoms with E-state index in [0.29, 0.717) is 49.2 Å². The normalized spacial score (nSPS) is 14.7. The summed E-state index contributed by atoms with van der Waals surface area (Å²) >= 11 is 0. The number of carbonyl (C=O) groups is 3. The number of carbonyl (C=O) groups excluding carboxylic acids is 3. The number of hydrogen-bond donors (Lipinski definition) is 3. The first-order valence-electron chi connectivity index (χ1n) is 11.1. The van der Waals surface area contributed by atoms with Crippen LogP contribution in [0.1, 0.15) is 41.3 Å². The Morgan fingerprint density at radius 1 is 1.06 bits per heavy atom. The number of likely N-dealkylation sites (tertiary alicyclic amines) is 1. The van der Waals surface area contributed by atoms with Crippen molar-refractivity contribution < 1.29 is 23.9 Å². The predicted molar refractivity (Wildman–Crippen MR) is 127 cm³/mol. The molecule has 0 radical (unpaired) electrons. The van der Waals surface area contributed by atoms with Crippen molar-refractivity contribution in [2.75, 3.05) is 20.2 Å². The highest BCUT2D eigenvalue weighted by Crippen LogP contribution is 2.18. The van der Waals surface area contributed by atoms with Crippen LogP contribution in [0.5, 0.6) is 5.75 Å². The van der Waals surface area contributed by atoms with E-state index in [-0.39, 0.29) is 23.8 Å². The molecule has 0 aliphatic carbocycles. The zero-order valence-electron chi connectivity index (χ0n) is 19.4. The minimum atomic E-state index is -0.779. The molecule has 1 saturated heterocycles. The third kappa shape index (κ3) is 6.57. The molecule has 1 atom stereocenters. The Labute approximate surface area is 198 Å². The maximum Gasteiger partial charge on any atom is 0.302 e. The van der Waals surface area contributed by atoms with Gasteiger partial charge in [0, 0.05) is 50.4 Å². The molecule has 180 valence electrons. The second-order valence-corrected chi connectivity index (χ2v) is 8.20. The lowest BCUT2D eigenvalue weighted by molar-refractivity contribution is -0.149. The number of methoxy groups -OCH3 is 1. The molecule has 1 fully saturated rings. The van der Waals surface area contributed by atoms with Crippen LogP contribution < -0.4 is 15.8 Å². The highest BCUT2D eigenvalue weighted by molar-refractivity contribution is 5.99. The number of nitrogens with two attached hydrogens (primary N) is 1. The monoisotopic (exact) mass is 466 g/mol. The molecule has 2 aromatic carbocycles. The molecule has 0 spiro atoms. The first-order chi connectivity index (χ1) is 16.3. The molecule has 0 saturated carbocycles. The van der Waals surface area contributed by atoms with E-state index in [1.54, 1.807) is 36.3 Å². The summed E-state index contributed by atoms with van der Waals surface area (Å²) in [5.74, 6) is -0.293. The number of hydrogen-bond acceptors (Lipinski definition) is 6. The third-order valence-corrected chi connectivity index (χ3v) is 5.75. The molecular weight excluding hydrogens is 436 g/mol. The minimum Gasteiger partial charge on any atom is -0.497 e. The van der Waals surface area contributed by atoms with Crippen molar-refractivity contribution >= 4 is 23.6 Å². The second-order valence-electron chi connectivity index (χ2n) is 8.20. The Bertz CT molecular complexity index is 1030. The molecule has 0 bridgehead atoms. The van der Waals surface area contributed by atoms with Crippen molar-refractivity contribution in [1.82, 2.24) is 10.2 Å². The van der Waals surface area contributed by atoms with Gasteiger partial charge in [0.2, 0.25) is 5.91 Å². The summed E-state index contributed by atoms with van der Waals surface area (Å²) < 4.78 is 10.5. The molecule has 3 rings (SSSR count). The van der Waals surface area contributed by atoms with E-state index in [1.165, 1.54) is 6.92 Å². The van der Waals surface area contributed by atoms with E-state index in [2.05, 4.69) is 5.32 Å². The number of nitrogens with one attached hydrogen (secondary N) is 2. The summed E-state index contributed by atoms with van der Waals surface area (Å²) in [7, 11) is 1.58. The van der Waals surface area contributed by atoms with Crippen molar-refractivity contribution in [3.05, 3.63) is 65.2 Å². The molecule has 9 heteroatoms. The number of nitrogens with zero attached hydrogens (tertiary/aromatic N) is 1. The van der Waals surface area contributed by atoms with Crippen LogP contribution in [0.15, 0.2) is 48.5 Å². The van der Waals surface area contributed by atoms with Gasteiger partial charge in [0.15, 0.2) is 0 Å². The standard InChI is InChI=1S/C25H30N4O5/c1-16(30)34-21-11-13-29(14-12-21)25(32)22(15-17-3-9-20(33-2)10-4-17)28-24(31)19-7-5-18(6-8-19)23(26)27/h3-10,21-22H,11-15H2,1-2H3,(H3,26,27)(H,28,31). The first-order valence-corrected chi connectivity index (χ1v) is 11.1.